The molecule has 0 radical (unpaired) electrons. The standard InChI is InChI=1S/C14H15BrN2/c1-2-5-11-6-3-4-7-14(11)17-13-8-12(15)9-16-10-13/h3-4,6-10,17H,2,5H2,1H3. The molecule has 0 spiro atoms. The Hall–Kier alpha value is -1.35. The van der Waals surface area contributed by atoms with Gasteiger partial charge in [0, 0.05) is 16.4 Å². The highest BCUT2D eigenvalue weighted by atomic mass is 79.9. The lowest BCUT2D eigenvalue weighted by molar-refractivity contribution is 0.923. The first-order chi connectivity index (χ1) is 8.29. The molecule has 0 amide bonds. The number of nitrogens with one attached hydrogen (secondary N) is 1. The van der Waals surface area contributed by atoms with E-state index in [0.29, 0.717) is 0 Å². The fourth-order valence-corrected chi connectivity index (χ4v) is 2.13. The number of nitrogens with zero attached hydrogens (tertiary/aromatic N) is 1. The third kappa shape index (κ3) is 3.30. The predicted molar refractivity (Wildman–Crippen MR) is 75.7 cm³/mol. The summed E-state index contributed by atoms with van der Waals surface area (Å²) < 4.78 is 0.982. The minimum Gasteiger partial charge on any atom is -0.354 e. The summed E-state index contributed by atoms with van der Waals surface area (Å²) in [4.78, 5) is 4.15. The molecule has 17 heavy (non-hydrogen) atoms. The lowest BCUT2D eigenvalue weighted by Crippen LogP contribution is -1.96. The van der Waals surface area contributed by atoms with Crippen LogP contribution in [0.4, 0.5) is 11.4 Å². The highest BCUT2D eigenvalue weighted by Crippen LogP contribution is 2.23. The highest BCUT2D eigenvalue weighted by Gasteiger charge is 2.01. The van der Waals surface area contributed by atoms with Gasteiger partial charge in [0.15, 0.2) is 0 Å². The molecule has 1 aromatic heterocycles. The van der Waals surface area contributed by atoms with E-state index in [1.165, 1.54) is 5.56 Å². The van der Waals surface area contributed by atoms with Crippen molar-refractivity contribution in [3.05, 3.63) is 52.8 Å². The number of aromatic nitrogens is 1. The molecule has 2 aromatic rings. The van der Waals surface area contributed by atoms with E-state index < -0.39 is 0 Å². The number of aryl methyl sites for hydroxylation is 1. The summed E-state index contributed by atoms with van der Waals surface area (Å²) in [6, 6.07) is 10.4. The molecule has 0 aliphatic heterocycles. The van der Waals surface area contributed by atoms with Crippen LogP contribution in [0, 0.1) is 0 Å². The average Bonchev–Trinajstić information content (AvgIpc) is 2.32. The normalized spacial score (nSPS) is 10.2. The van der Waals surface area contributed by atoms with Crippen molar-refractivity contribution >= 4 is 27.3 Å². The van der Waals surface area contributed by atoms with E-state index in [1.807, 2.05) is 18.3 Å². The van der Waals surface area contributed by atoms with Crippen LogP contribution in [-0.2, 0) is 6.42 Å². The molecule has 1 N–H and O–H groups in total. The number of pyridine rings is 1. The third-order valence-corrected chi connectivity index (χ3v) is 2.95. The fraction of sp³-hybridized carbons (Fsp3) is 0.214. The van der Waals surface area contributed by atoms with Crippen molar-refractivity contribution in [3.63, 3.8) is 0 Å². The van der Waals surface area contributed by atoms with E-state index >= 15 is 0 Å². The number of hydrogen-bond acceptors (Lipinski definition) is 2. The first kappa shape index (κ1) is 12.1. The fourth-order valence-electron chi connectivity index (χ4n) is 1.77. The number of benzene rings is 1. The number of rotatable bonds is 4. The largest absolute Gasteiger partial charge is 0.354 e. The van der Waals surface area contributed by atoms with Crippen molar-refractivity contribution in [1.29, 1.82) is 0 Å². The molecule has 88 valence electrons. The van der Waals surface area contributed by atoms with Crippen LogP contribution in [0.1, 0.15) is 18.9 Å². The van der Waals surface area contributed by atoms with Crippen molar-refractivity contribution in [3.8, 4) is 0 Å². The van der Waals surface area contributed by atoms with E-state index in [2.05, 4.69) is 51.4 Å². The number of halogens is 1. The molecule has 0 fully saturated rings. The van der Waals surface area contributed by atoms with Crippen LogP contribution in [0.5, 0.6) is 0 Å². The molecule has 1 heterocycles. The SMILES string of the molecule is CCCc1ccccc1Nc1cncc(Br)c1. The van der Waals surface area contributed by atoms with Crippen LogP contribution in [0.25, 0.3) is 0 Å². The second kappa shape index (κ2) is 5.82. The maximum Gasteiger partial charge on any atom is 0.0582 e. The molecule has 0 aliphatic carbocycles. The van der Waals surface area contributed by atoms with Gasteiger partial charge in [0.05, 0.1) is 11.9 Å². The molecule has 1 aromatic carbocycles. The minimum absolute atomic E-state index is 0.982. The molecule has 0 saturated heterocycles. The van der Waals surface area contributed by atoms with Crippen molar-refractivity contribution in [2.45, 2.75) is 19.8 Å². The minimum atomic E-state index is 0.982. The zero-order chi connectivity index (χ0) is 12.1. The van der Waals surface area contributed by atoms with Crippen LogP contribution in [0.3, 0.4) is 0 Å². The Morgan fingerprint density at radius 2 is 2.06 bits per heavy atom. The van der Waals surface area contributed by atoms with E-state index in [0.717, 1.165) is 28.7 Å². The van der Waals surface area contributed by atoms with E-state index in [1.54, 1.807) is 6.20 Å². The maximum atomic E-state index is 4.15. The Balaban J connectivity index is 2.23. The van der Waals surface area contributed by atoms with Gasteiger partial charge in [-0.1, -0.05) is 31.5 Å². The summed E-state index contributed by atoms with van der Waals surface area (Å²) >= 11 is 3.42. The Bertz CT molecular complexity index is 497. The smallest absolute Gasteiger partial charge is 0.0582 e. The van der Waals surface area contributed by atoms with Crippen molar-refractivity contribution in [2.24, 2.45) is 0 Å². The van der Waals surface area contributed by atoms with Crippen LogP contribution < -0.4 is 5.32 Å². The molecule has 2 nitrogen and oxygen atoms in total. The van der Waals surface area contributed by atoms with Gasteiger partial charge in [-0.3, -0.25) is 4.98 Å². The van der Waals surface area contributed by atoms with Crippen LogP contribution in [-0.4, -0.2) is 4.98 Å². The zero-order valence-corrected chi connectivity index (χ0v) is 11.4. The van der Waals surface area contributed by atoms with Gasteiger partial charge in [-0.2, -0.15) is 0 Å². The number of anilines is 2. The molecule has 0 saturated carbocycles. The molecule has 3 heteroatoms. The Morgan fingerprint density at radius 3 is 2.82 bits per heavy atom. The summed E-state index contributed by atoms with van der Waals surface area (Å²) in [5.74, 6) is 0. The van der Waals surface area contributed by atoms with Gasteiger partial charge in [0.2, 0.25) is 0 Å². The first-order valence-corrected chi connectivity index (χ1v) is 6.54. The Labute approximate surface area is 110 Å². The van der Waals surface area contributed by atoms with Crippen molar-refractivity contribution < 1.29 is 0 Å². The second-order valence-electron chi connectivity index (χ2n) is 3.92. The van der Waals surface area contributed by atoms with Gasteiger partial charge in [0.1, 0.15) is 0 Å². The topological polar surface area (TPSA) is 24.9 Å². The van der Waals surface area contributed by atoms with Crippen LogP contribution in [0.15, 0.2) is 47.2 Å². The van der Waals surface area contributed by atoms with E-state index in [9.17, 15) is 0 Å². The molecule has 0 bridgehead atoms. The number of hydrogen-bond donors (Lipinski definition) is 1. The monoisotopic (exact) mass is 290 g/mol. The summed E-state index contributed by atoms with van der Waals surface area (Å²) in [7, 11) is 0. The first-order valence-electron chi connectivity index (χ1n) is 5.75. The van der Waals surface area contributed by atoms with E-state index in [4.69, 9.17) is 0 Å². The van der Waals surface area contributed by atoms with E-state index in [-0.39, 0.29) is 0 Å². The summed E-state index contributed by atoms with van der Waals surface area (Å²) in [5.41, 5.74) is 3.51. The number of para-hydroxylation sites is 1. The molecular weight excluding hydrogens is 276 g/mol. The van der Waals surface area contributed by atoms with Crippen molar-refractivity contribution in [2.75, 3.05) is 5.32 Å². The van der Waals surface area contributed by atoms with Crippen LogP contribution >= 0.6 is 15.9 Å². The molecule has 0 unspecified atom stereocenters. The average molecular weight is 291 g/mol. The summed E-state index contributed by atoms with van der Waals surface area (Å²) in [5, 5.41) is 3.41. The Kier molecular flexibility index (Phi) is 4.15. The maximum absolute atomic E-state index is 4.15. The predicted octanol–water partition coefficient (Wildman–Crippen LogP) is 4.54. The summed E-state index contributed by atoms with van der Waals surface area (Å²) in [6.45, 7) is 2.19. The van der Waals surface area contributed by atoms with Gasteiger partial charge >= 0.3 is 0 Å². The molecule has 0 aliphatic rings. The molecule has 2 rings (SSSR count). The quantitative estimate of drug-likeness (QED) is 0.894. The summed E-state index contributed by atoms with van der Waals surface area (Å²) in [6.07, 6.45) is 5.84. The van der Waals surface area contributed by atoms with Gasteiger partial charge in [-0.15, -0.1) is 0 Å². The Morgan fingerprint density at radius 1 is 1.24 bits per heavy atom. The lowest BCUT2D eigenvalue weighted by Gasteiger charge is -2.11. The van der Waals surface area contributed by atoms with Gasteiger partial charge in [-0.25, -0.2) is 0 Å². The van der Waals surface area contributed by atoms with Gasteiger partial charge in [-0.05, 0) is 40.0 Å². The molecule has 0 atom stereocenters. The lowest BCUT2D eigenvalue weighted by atomic mass is 10.1. The van der Waals surface area contributed by atoms with Gasteiger partial charge in [0.25, 0.3) is 0 Å². The van der Waals surface area contributed by atoms with Gasteiger partial charge < -0.3 is 5.32 Å². The van der Waals surface area contributed by atoms with Crippen LogP contribution in [0.2, 0.25) is 0 Å². The third-order valence-electron chi connectivity index (χ3n) is 2.52. The second-order valence-corrected chi connectivity index (χ2v) is 4.84. The molecular formula is C14H15BrN2. The highest BCUT2D eigenvalue weighted by molar-refractivity contribution is 9.10. The van der Waals surface area contributed by atoms with Crippen molar-refractivity contribution in [1.82, 2.24) is 4.98 Å². The zero-order valence-electron chi connectivity index (χ0n) is 9.78.